The van der Waals surface area contributed by atoms with Crippen molar-refractivity contribution in [3.63, 3.8) is 0 Å². The molecule has 0 aromatic heterocycles. The second-order valence-electron chi connectivity index (χ2n) is 8.06. The van der Waals surface area contributed by atoms with Crippen LogP contribution in [-0.2, 0) is 4.74 Å². The minimum Gasteiger partial charge on any atom is -0.444 e. The maximum atomic E-state index is 12.1. The molecule has 5 nitrogen and oxygen atoms in total. The van der Waals surface area contributed by atoms with Crippen LogP contribution in [0, 0.1) is 5.41 Å². The van der Waals surface area contributed by atoms with E-state index in [0.717, 1.165) is 12.3 Å². The summed E-state index contributed by atoms with van der Waals surface area (Å²) < 4.78 is 5.40. The molecule has 1 spiro atoms. The van der Waals surface area contributed by atoms with Crippen molar-refractivity contribution >= 4 is 17.9 Å². The summed E-state index contributed by atoms with van der Waals surface area (Å²) in [4.78, 5) is 15.8. The summed E-state index contributed by atoms with van der Waals surface area (Å²) in [5, 5.41) is 10.6. The predicted octanol–water partition coefficient (Wildman–Crippen LogP) is 2.35. The van der Waals surface area contributed by atoms with Crippen LogP contribution in [0.3, 0.4) is 0 Å². The molecule has 1 atom stereocenters. The van der Waals surface area contributed by atoms with Gasteiger partial charge in [-0.1, -0.05) is 20.8 Å². The molecule has 0 bridgehead atoms. The van der Waals surface area contributed by atoms with Gasteiger partial charge < -0.3 is 14.7 Å². The largest absolute Gasteiger partial charge is 0.444 e. The fourth-order valence-electron chi connectivity index (χ4n) is 2.71. The lowest BCUT2D eigenvalue weighted by atomic mass is 9.91. The first kappa shape index (κ1) is 16.9. The van der Waals surface area contributed by atoms with E-state index in [4.69, 9.17) is 4.74 Å². The lowest BCUT2D eigenvalue weighted by Crippen LogP contribution is -2.70. The second-order valence-corrected chi connectivity index (χ2v) is 9.52. The van der Waals surface area contributed by atoms with Gasteiger partial charge in [-0.2, -0.15) is 0 Å². The number of amides is 1. The third kappa shape index (κ3) is 3.48. The van der Waals surface area contributed by atoms with Crippen LogP contribution in [0.1, 0.15) is 41.5 Å². The number of carbonyl (C=O) groups is 1. The van der Waals surface area contributed by atoms with Gasteiger partial charge in [-0.25, -0.2) is 4.79 Å². The van der Waals surface area contributed by atoms with Gasteiger partial charge in [0.25, 0.3) is 0 Å². The van der Waals surface area contributed by atoms with Gasteiger partial charge in [-0.15, -0.1) is 11.8 Å². The number of nitrogens with zero attached hydrogens (tertiary/aromatic N) is 2. The van der Waals surface area contributed by atoms with Crippen LogP contribution in [0.15, 0.2) is 0 Å². The molecule has 0 saturated carbocycles. The van der Waals surface area contributed by atoms with Gasteiger partial charge in [0.1, 0.15) is 16.7 Å². The smallest absolute Gasteiger partial charge is 0.410 e. The number of hydrogen-bond donors (Lipinski definition) is 1. The fourth-order valence-corrected chi connectivity index (χ4v) is 4.23. The minimum absolute atomic E-state index is 0.135. The summed E-state index contributed by atoms with van der Waals surface area (Å²) in [6, 6.07) is 0. The maximum absolute atomic E-state index is 12.1. The van der Waals surface area contributed by atoms with Crippen molar-refractivity contribution in [2.45, 2.75) is 58.2 Å². The number of carbonyl (C=O) groups excluding carboxylic acids is 1. The Morgan fingerprint density at radius 3 is 2.29 bits per heavy atom. The molecule has 6 heteroatoms. The molecule has 0 aromatic rings. The Balaban J connectivity index is 1.99. The Kier molecular flexibility index (Phi) is 4.28. The molecule has 2 aliphatic rings. The van der Waals surface area contributed by atoms with Crippen molar-refractivity contribution in [3.8, 4) is 0 Å². The molecule has 0 aliphatic carbocycles. The third-order valence-electron chi connectivity index (χ3n) is 3.82. The highest BCUT2D eigenvalue weighted by atomic mass is 32.2. The SMILES string of the molecule is CC(C)(C)OC(=O)N1CC2(C1)SCCN2C(O)C(C)(C)C. The molecule has 0 radical (unpaired) electrons. The maximum Gasteiger partial charge on any atom is 0.410 e. The Hall–Kier alpha value is -0.460. The quantitative estimate of drug-likeness (QED) is 0.805. The number of thioether (sulfide) groups is 1. The van der Waals surface area contributed by atoms with Crippen LogP contribution >= 0.6 is 11.8 Å². The van der Waals surface area contributed by atoms with E-state index in [2.05, 4.69) is 4.90 Å². The van der Waals surface area contributed by atoms with E-state index in [1.165, 1.54) is 0 Å². The Bertz CT molecular complexity index is 408. The van der Waals surface area contributed by atoms with E-state index < -0.39 is 11.8 Å². The van der Waals surface area contributed by atoms with Crippen molar-refractivity contribution in [2.75, 3.05) is 25.4 Å². The summed E-state index contributed by atoms with van der Waals surface area (Å²) in [6.45, 7) is 13.9. The van der Waals surface area contributed by atoms with Crippen molar-refractivity contribution in [3.05, 3.63) is 0 Å². The Morgan fingerprint density at radius 1 is 1.24 bits per heavy atom. The van der Waals surface area contributed by atoms with Crippen molar-refractivity contribution in [1.29, 1.82) is 0 Å². The molecule has 2 saturated heterocycles. The van der Waals surface area contributed by atoms with E-state index in [0.29, 0.717) is 13.1 Å². The molecule has 0 aromatic carbocycles. The first-order valence-corrected chi connectivity index (χ1v) is 8.50. The highest BCUT2D eigenvalue weighted by molar-refractivity contribution is 8.01. The fraction of sp³-hybridized carbons (Fsp3) is 0.933. The number of ether oxygens (including phenoxy) is 1. The summed E-state index contributed by atoms with van der Waals surface area (Å²) in [6.07, 6.45) is -0.751. The zero-order chi connectivity index (χ0) is 16.1. The van der Waals surface area contributed by atoms with Crippen molar-refractivity contribution < 1.29 is 14.6 Å². The van der Waals surface area contributed by atoms with E-state index in [-0.39, 0.29) is 16.4 Å². The van der Waals surface area contributed by atoms with Gasteiger partial charge in [-0.3, -0.25) is 4.90 Å². The minimum atomic E-state index is -0.492. The molecule has 1 amide bonds. The Labute approximate surface area is 132 Å². The van der Waals surface area contributed by atoms with E-state index in [1.807, 2.05) is 53.3 Å². The highest BCUT2D eigenvalue weighted by Crippen LogP contribution is 2.46. The van der Waals surface area contributed by atoms with Crippen LogP contribution < -0.4 is 0 Å². The lowest BCUT2D eigenvalue weighted by molar-refractivity contribution is -0.124. The van der Waals surface area contributed by atoms with Gasteiger partial charge in [0, 0.05) is 17.7 Å². The van der Waals surface area contributed by atoms with Gasteiger partial charge in [0.05, 0.1) is 13.1 Å². The van der Waals surface area contributed by atoms with Crippen LogP contribution in [0.4, 0.5) is 4.79 Å². The molecular weight excluding hydrogens is 288 g/mol. The van der Waals surface area contributed by atoms with E-state index in [9.17, 15) is 9.90 Å². The number of likely N-dealkylation sites (tertiary alicyclic amines) is 1. The average molecular weight is 316 g/mol. The summed E-state index contributed by atoms with van der Waals surface area (Å²) in [5.41, 5.74) is -0.655. The van der Waals surface area contributed by atoms with Crippen LogP contribution in [-0.4, -0.2) is 63.1 Å². The van der Waals surface area contributed by atoms with Gasteiger partial charge >= 0.3 is 6.09 Å². The van der Waals surface area contributed by atoms with Crippen molar-refractivity contribution in [1.82, 2.24) is 9.80 Å². The van der Waals surface area contributed by atoms with E-state index >= 15 is 0 Å². The molecule has 2 aliphatic heterocycles. The summed E-state index contributed by atoms with van der Waals surface area (Å²) >= 11 is 1.84. The van der Waals surface area contributed by atoms with Crippen LogP contribution in [0.5, 0.6) is 0 Å². The highest BCUT2D eigenvalue weighted by Gasteiger charge is 2.56. The average Bonchev–Trinajstić information content (AvgIpc) is 2.65. The molecule has 2 heterocycles. The summed E-state index contributed by atoms with van der Waals surface area (Å²) in [7, 11) is 0. The number of aliphatic hydroxyl groups is 1. The molecule has 2 fully saturated rings. The number of rotatable bonds is 1. The molecule has 21 heavy (non-hydrogen) atoms. The predicted molar refractivity (Wildman–Crippen MR) is 85.2 cm³/mol. The normalized spacial score (nSPS) is 24.0. The van der Waals surface area contributed by atoms with Gasteiger partial charge in [-0.05, 0) is 20.8 Å². The second kappa shape index (κ2) is 5.32. The van der Waals surface area contributed by atoms with E-state index in [1.54, 1.807) is 4.90 Å². The molecule has 1 N–H and O–H groups in total. The standard InChI is InChI=1S/C15H28N2O3S/c1-13(2,3)11(18)17-7-8-21-15(17)9-16(10-15)12(19)20-14(4,5)6/h11,18H,7-10H2,1-6H3. The topological polar surface area (TPSA) is 53.0 Å². The zero-order valence-electron chi connectivity index (χ0n) is 14.0. The Morgan fingerprint density at radius 2 is 1.81 bits per heavy atom. The first-order chi connectivity index (χ1) is 9.45. The zero-order valence-corrected chi connectivity index (χ0v) is 14.8. The summed E-state index contributed by atoms with van der Waals surface area (Å²) in [5.74, 6) is 0.995. The first-order valence-electron chi connectivity index (χ1n) is 7.51. The van der Waals surface area contributed by atoms with Crippen LogP contribution in [0.2, 0.25) is 0 Å². The lowest BCUT2D eigenvalue weighted by Gasteiger charge is -2.54. The van der Waals surface area contributed by atoms with Crippen molar-refractivity contribution in [2.24, 2.45) is 5.41 Å². The number of aliphatic hydroxyl groups excluding tert-OH is 1. The van der Waals surface area contributed by atoms with Crippen LogP contribution in [0.25, 0.3) is 0 Å². The molecule has 122 valence electrons. The monoisotopic (exact) mass is 316 g/mol. The number of hydrogen-bond acceptors (Lipinski definition) is 5. The molecular formula is C15H28N2O3S. The molecule has 1 unspecified atom stereocenters. The van der Waals surface area contributed by atoms with Gasteiger partial charge in [0.15, 0.2) is 0 Å². The van der Waals surface area contributed by atoms with Gasteiger partial charge in [0.2, 0.25) is 0 Å². The third-order valence-corrected chi connectivity index (χ3v) is 5.24. The molecule has 2 rings (SSSR count).